The Morgan fingerprint density at radius 2 is 1.52 bits per heavy atom. The van der Waals surface area contributed by atoms with Crippen LogP contribution in [0.3, 0.4) is 0 Å². The van der Waals surface area contributed by atoms with Gasteiger partial charge in [-0.1, -0.05) is 6.07 Å². The largest absolute Gasteiger partial charge is 0.491 e. The minimum absolute atomic E-state index is 0.0866. The van der Waals surface area contributed by atoms with Crippen molar-refractivity contribution in [3.63, 3.8) is 0 Å². The van der Waals surface area contributed by atoms with E-state index in [1.165, 1.54) is 11.3 Å². The lowest BCUT2D eigenvalue weighted by Crippen LogP contribution is -2.09. The lowest BCUT2D eigenvalue weighted by atomic mass is 10.2. The van der Waals surface area contributed by atoms with Crippen LogP contribution in [0.1, 0.15) is 23.5 Å². The van der Waals surface area contributed by atoms with Gasteiger partial charge in [0.05, 0.1) is 11.0 Å². The second-order valence-corrected chi connectivity index (χ2v) is 6.77. The first-order valence-electron chi connectivity index (χ1n) is 8.09. The number of anilines is 3. The molecule has 0 radical (unpaired) electrons. The molecule has 5 heteroatoms. The Kier molecular flexibility index (Phi) is 5.36. The first-order chi connectivity index (χ1) is 12.1. The van der Waals surface area contributed by atoms with Crippen molar-refractivity contribution in [1.82, 2.24) is 0 Å². The van der Waals surface area contributed by atoms with Gasteiger partial charge in [-0.25, -0.2) is 0 Å². The van der Waals surface area contributed by atoms with Gasteiger partial charge in [-0.2, -0.15) is 0 Å². The molecule has 3 rings (SSSR count). The molecule has 25 heavy (non-hydrogen) atoms. The van der Waals surface area contributed by atoms with E-state index in [-0.39, 0.29) is 12.0 Å². The van der Waals surface area contributed by atoms with E-state index >= 15 is 0 Å². The molecular formula is C20H20N2O2S. The highest BCUT2D eigenvalue weighted by Crippen LogP contribution is 2.22. The average Bonchev–Trinajstić information content (AvgIpc) is 3.13. The Labute approximate surface area is 151 Å². The van der Waals surface area contributed by atoms with E-state index in [0.717, 1.165) is 22.8 Å². The second-order valence-electron chi connectivity index (χ2n) is 5.82. The van der Waals surface area contributed by atoms with Crippen molar-refractivity contribution in [2.24, 2.45) is 0 Å². The van der Waals surface area contributed by atoms with Crippen LogP contribution in [-0.2, 0) is 0 Å². The van der Waals surface area contributed by atoms with Crippen LogP contribution < -0.4 is 15.4 Å². The number of carbonyl (C=O) groups excluding carboxylic acids is 1. The van der Waals surface area contributed by atoms with Crippen LogP contribution in [0.5, 0.6) is 5.75 Å². The van der Waals surface area contributed by atoms with Gasteiger partial charge in [0.15, 0.2) is 0 Å². The van der Waals surface area contributed by atoms with E-state index in [1.807, 2.05) is 79.9 Å². The van der Waals surface area contributed by atoms with E-state index in [9.17, 15) is 4.79 Å². The maximum Gasteiger partial charge on any atom is 0.265 e. The molecular weight excluding hydrogens is 332 g/mol. The van der Waals surface area contributed by atoms with Crippen molar-refractivity contribution in [2.75, 3.05) is 10.6 Å². The Morgan fingerprint density at radius 1 is 0.920 bits per heavy atom. The SMILES string of the molecule is CC(C)Oc1ccc(Nc2ccc(NC(=O)c3cccs3)cc2)cc1. The van der Waals surface area contributed by atoms with Crippen molar-refractivity contribution in [2.45, 2.75) is 20.0 Å². The molecule has 1 heterocycles. The molecule has 1 aromatic heterocycles. The normalized spacial score (nSPS) is 10.5. The van der Waals surface area contributed by atoms with Crippen molar-refractivity contribution in [3.8, 4) is 5.75 Å². The van der Waals surface area contributed by atoms with Gasteiger partial charge in [0.25, 0.3) is 5.91 Å². The molecule has 2 N–H and O–H groups in total. The summed E-state index contributed by atoms with van der Waals surface area (Å²) in [6.07, 6.45) is 0.163. The molecule has 0 fully saturated rings. The van der Waals surface area contributed by atoms with Crippen LogP contribution in [0, 0.1) is 0 Å². The Bertz CT molecular complexity index is 810. The minimum atomic E-state index is -0.0866. The van der Waals surface area contributed by atoms with Gasteiger partial charge < -0.3 is 15.4 Å². The Morgan fingerprint density at radius 3 is 2.08 bits per heavy atom. The van der Waals surface area contributed by atoms with Gasteiger partial charge in [-0.05, 0) is 73.8 Å². The topological polar surface area (TPSA) is 50.4 Å². The molecule has 0 aliphatic rings. The van der Waals surface area contributed by atoms with Gasteiger partial charge in [-0.3, -0.25) is 4.79 Å². The highest BCUT2D eigenvalue weighted by atomic mass is 32.1. The maximum absolute atomic E-state index is 12.0. The predicted molar refractivity (Wildman–Crippen MR) is 104 cm³/mol. The van der Waals surface area contributed by atoms with Gasteiger partial charge >= 0.3 is 0 Å². The summed E-state index contributed by atoms with van der Waals surface area (Å²) < 4.78 is 5.64. The van der Waals surface area contributed by atoms with Crippen molar-refractivity contribution < 1.29 is 9.53 Å². The number of hydrogen-bond donors (Lipinski definition) is 2. The molecule has 2 aromatic carbocycles. The monoisotopic (exact) mass is 352 g/mol. The number of nitrogens with one attached hydrogen (secondary N) is 2. The van der Waals surface area contributed by atoms with E-state index in [4.69, 9.17) is 4.74 Å². The van der Waals surface area contributed by atoms with E-state index in [1.54, 1.807) is 0 Å². The van der Waals surface area contributed by atoms with Gasteiger partial charge in [0.1, 0.15) is 5.75 Å². The summed E-state index contributed by atoms with van der Waals surface area (Å²) in [6.45, 7) is 4.01. The Hall–Kier alpha value is -2.79. The summed E-state index contributed by atoms with van der Waals surface area (Å²) >= 11 is 1.43. The van der Waals surface area contributed by atoms with Gasteiger partial charge in [0, 0.05) is 17.1 Å². The van der Waals surface area contributed by atoms with Crippen molar-refractivity contribution >= 4 is 34.3 Å². The van der Waals surface area contributed by atoms with Crippen LogP contribution in [0.4, 0.5) is 17.1 Å². The van der Waals surface area contributed by atoms with Crippen molar-refractivity contribution in [1.29, 1.82) is 0 Å². The third-order valence-electron chi connectivity index (χ3n) is 3.40. The quantitative estimate of drug-likeness (QED) is 0.613. The zero-order chi connectivity index (χ0) is 17.6. The summed E-state index contributed by atoms with van der Waals surface area (Å²) in [6, 6.07) is 19.1. The molecule has 128 valence electrons. The summed E-state index contributed by atoms with van der Waals surface area (Å²) in [5.74, 6) is 0.767. The molecule has 0 aliphatic carbocycles. The summed E-state index contributed by atoms with van der Waals surface area (Å²) in [4.78, 5) is 12.7. The molecule has 0 atom stereocenters. The summed E-state index contributed by atoms with van der Waals surface area (Å²) in [5, 5.41) is 8.10. The fourth-order valence-electron chi connectivity index (χ4n) is 2.29. The molecule has 1 amide bonds. The van der Waals surface area contributed by atoms with E-state index < -0.39 is 0 Å². The van der Waals surface area contributed by atoms with E-state index in [0.29, 0.717) is 4.88 Å². The van der Waals surface area contributed by atoms with Gasteiger partial charge in [-0.15, -0.1) is 11.3 Å². The minimum Gasteiger partial charge on any atom is -0.491 e. The van der Waals surface area contributed by atoms with Crippen LogP contribution in [0.2, 0.25) is 0 Å². The third kappa shape index (κ3) is 4.84. The molecule has 4 nitrogen and oxygen atoms in total. The number of benzene rings is 2. The average molecular weight is 352 g/mol. The van der Waals surface area contributed by atoms with Crippen LogP contribution in [0.25, 0.3) is 0 Å². The van der Waals surface area contributed by atoms with Crippen molar-refractivity contribution in [3.05, 3.63) is 70.9 Å². The fraction of sp³-hybridized carbons (Fsp3) is 0.150. The van der Waals surface area contributed by atoms with Crippen LogP contribution >= 0.6 is 11.3 Å². The van der Waals surface area contributed by atoms with E-state index in [2.05, 4.69) is 10.6 Å². The zero-order valence-corrected chi connectivity index (χ0v) is 15.0. The second kappa shape index (κ2) is 7.85. The fourth-order valence-corrected chi connectivity index (χ4v) is 2.91. The summed E-state index contributed by atoms with van der Waals surface area (Å²) in [5.41, 5.74) is 2.70. The van der Waals surface area contributed by atoms with Crippen LogP contribution in [-0.4, -0.2) is 12.0 Å². The standard InChI is InChI=1S/C20H20N2O2S/c1-14(2)24-18-11-9-16(10-12-18)21-15-5-7-17(8-6-15)22-20(23)19-4-3-13-25-19/h3-14,21H,1-2H3,(H,22,23). The Balaban J connectivity index is 1.59. The highest BCUT2D eigenvalue weighted by Gasteiger charge is 2.06. The number of ether oxygens (including phenoxy) is 1. The molecule has 0 saturated carbocycles. The zero-order valence-electron chi connectivity index (χ0n) is 14.2. The molecule has 0 unspecified atom stereocenters. The molecule has 0 saturated heterocycles. The van der Waals surface area contributed by atoms with Gasteiger partial charge in [0.2, 0.25) is 0 Å². The third-order valence-corrected chi connectivity index (χ3v) is 4.27. The van der Waals surface area contributed by atoms with Crippen LogP contribution in [0.15, 0.2) is 66.0 Å². The molecule has 0 aliphatic heterocycles. The molecule has 0 spiro atoms. The number of hydrogen-bond acceptors (Lipinski definition) is 4. The number of amides is 1. The molecule has 3 aromatic rings. The highest BCUT2D eigenvalue weighted by molar-refractivity contribution is 7.12. The number of carbonyl (C=O) groups is 1. The summed E-state index contributed by atoms with van der Waals surface area (Å²) in [7, 11) is 0. The maximum atomic E-state index is 12.0. The first-order valence-corrected chi connectivity index (χ1v) is 8.97. The number of rotatable bonds is 6. The lowest BCUT2D eigenvalue weighted by Gasteiger charge is -2.11. The number of thiophene rings is 1. The first kappa shape index (κ1) is 17.0. The molecule has 0 bridgehead atoms. The lowest BCUT2D eigenvalue weighted by molar-refractivity contribution is 0.103. The predicted octanol–water partition coefficient (Wildman–Crippen LogP) is 5.53. The smallest absolute Gasteiger partial charge is 0.265 e.